The van der Waals surface area contributed by atoms with Crippen molar-refractivity contribution in [3.05, 3.63) is 109 Å². The lowest BCUT2D eigenvalue weighted by Crippen LogP contribution is -2.63. The van der Waals surface area contributed by atoms with Gasteiger partial charge in [0.15, 0.2) is 5.58 Å². The number of hydrogen-bond acceptors (Lipinski definition) is 3. The number of nitrogens with zero attached hydrogens (tertiary/aromatic N) is 2. The lowest BCUT2D eigenvalue weighted by molar-refractivity contribution is 0.619. The zero-order valence-electron chi connectivity index (χ0n) is 21.2. The lowest BCUT2D eigenvalue weighted by atomic mass is 9.33. The summed E-state index contributed by atoms with van der Waals surface area (Å²) in [5.74, 6) is 0. The molecule has 4 heteroatoms. The molecule has 0 saturated heterocycles. The van der Waals surface area contributed by atoms with Crippen molar-refractivity contribution in [1.29, 1.82) is 0 Å². The third-order valence-electron chi connectivity index (χ3n) is 8.93. The predicted octanol–water partition coefficient (Wildman–Crippen LogP) is 6.67. The Labute approximate surface area is 222 Å². The van der Waals surface area contributed by atoms with Crippen LogP contribution in [0, 0.1) is 0 Å². The van der Waals surface area contributed by atoms with Crippen molar-refractivity contribution >= 4 is 73.5 Å². The van der Waals surface area contributed by atoms with Crippen LogP contribution < -0.4 is 26.2 Å². The van der Waals surface area contributed by atoms with Crippen molar-refractivity contribution in [2.75, 3.05) is 9.80 Å². The van der Waals surface area contributed by atoms with Gasteiger partial charge in [0.25, 0.3) is 6.71 Å². The molecule has 9 rings (SSSR count). The number of para-hydroxylation sites is 3. The van der Waals surface area contributed by atoms with Crippen molar-refractivity contribution in [1.82, 2.24) is 0 Å². The molecule has 4 heterocycles. The average molecular weight is 488 g/mol. The molecule has 0 radical (unpaired) electrons. The molecule has 3 aliphatic rings. The second kappa shape index (κ2) is 7.32. The maximum absolute atomic E-state index is 6.69. The Balaban J connectivity index is 1.45. The molecule has 1 atom stereocenters. The first-order valence-corrected chi connectivity index (χ1v) is 13.6. The Morgan fingerprint density at radius 1 is 0.711 bits per heavy atom. The summed E-state index contributed by atoms with van der Waals surface area (Å²) in [4.78, 5) is 5.07. The summed E-state index contributed by atoms with van der Waals surface area (Å²) in [5.41, 5.74) is 13.8. The standard InChI is InChI=1S/C34H25BN2O/c1-21-17-18-22-9-7-13-26-32(22)36(21)28-14-8-15-29-31(28)35(26)27-20-19-25-24-12-5-6-16-30(24)38-34(25)33(27)37(29)23-10-3-2-4-11-23/h2-16,19-21H,17-18H2,1H3. The first kappa shape index (κ1) is 20.6. The zero-order valence-corrected chi connectivity index (χ0v) is 21.2. The first-order valence-electron chi connectivity index (χ1n) is 13.6. The van der Waals surface area contributed by atoms with Crippen molar-refractivity contribution in [3.8, 4) is 0 Å². The molecular weight excluding hydrogens is 463 g/mol. The molecular formula is C34H25BN2O. The largest absolute Gasteiger partial charge is 0.454 e. The molecule has 6 aromatic rings. The summed E-state index contributed by atoms with van der Waals surface area (Å²) < 4.78 is 6.69. The van der Waals surface area contributed by atoms with E-state index in [1.807, 2.05) is 0 Å². The second-order valence-corrected chi connectivity index (χ2v) is 10.9. The Bertz CT molecular complexity index is 1920. The van der Waals surface area contributed by atoms with Crippen LogP contribution in [-0.2, 0) is 6.42 Å². The van der Waals surface area contributed by atoms with Gasteiger partial charge in [-0.05, 0) is 72.0 Å². The van der Waals surface area contributed by atoms with E-state index in [9.17, 15) is 0 Å². The number of rotatable bonds is 1. The molecule has 180 valence electrons. The summed E-state index contributed by atoms with van der Waals surface area (Å²) in [6.45, 7) is 2.54. The Kier molecular flexibility index (Phi) is 3.97. The smallest absolute Gasteiger partial charge is 0.252 e. The molecule has 0 N–H and O–H groups in total. The maximum Gasteiger partial charge on any atom is 0.252 e. The molecule has 3 aliphatic heterocycles. The van der Waals surface area contributed by atoms with E-state index in [0.29, 0.717) is 6.04 Å². The van der Waals surface area contributed by atoms with E-state index in [2.05, 4.69) is 120 Å². The molecule has 0 aliphatic carbocycles. The Hall–Kier alpha value is -4.44. The highest BCUT2D eigenvalue weighted by atomic mass is 16.3. The normalized spacial score (nSPS) is 17.0. The summed E-state index contributed by atoms with van der Waals surface area (Å²) in [7, 11) is 0. The zero-order chi connectivity index (χ0) is 25.0. The van der Waals surface area contributed by atoms with Crippen LogP contribution in [0.3, 0.4) is 0 Å². The average Bonchev–Trinajstić information content (AvgIpc) is 3.35. The monoisotopic (exact) mass is 488 g/mol. The van der Waals surface area contributed by atoms with E-state index in [4.69, 9.17) is 4.42 Å². The number of fused-ring (bicyclic) bond motifs is 8. The van der Waals surface area contributed by atoms with E-state index in [1.165, 1.54) is 56.2 Å². The predicted molar refractivity (Wildman–Crippen MR) is 159 cm³/mol. The van der Waals surface area contributed by atoms with Gasteiger partial charge in [0.2, 0.25) is 0 Å². The SMILES string of the molecule is CC1CCc2cccc3c2N1c1cccc2c1B3c1ccc3c(oc4ccccc43)c1N2c1ccccc1. The summed E-state index contributed by atoms with van der Waals surface area (Å²) in [6.07, 6.45) is 2.30. The highest BCUT2D eigenvalue weighted by Crippen LogP contribution is 2.47. The van der Waals surface area contributed by atoms with Crippen LogP contribution >= 0.6 is 0 Å². The fourth-order valence-corrected chi connectivity index (χ4v) is 7.35. The van der Waals surface area contributed by atoms with Gasteiger partial charge in [0, 0.05) is 39.6 Å². The molecule has 0 bridgehead atoms. The fourth-order valence-electron chi connectivity index (χ4n) is 7.35. The minimum atomic E-state index is 0.158. The van der Waals surface area contributed by atoms with E-state index in [-0.39, 0.29) is 6.71 Å². The molecule has 3 nitrogen and oxygen atoms in total. The molecule has 1 aromatic heterocycles. The van der Waals surface area contributed by atoms with Gasteiger partial charge in [-0.1, -0.05) is 72.8 Å². The molecule has 0 amide bonds. The van der Waals surface area contributed by atoms with E-state index in [0.717, 1.165) is 29.0 Å². The van der Waals surface area contributed by atoms with Crippen LogP contribution in [0.1, 0.15) is 18.9 Å². The van der Waals surface area contributed by atoms with Crippen molar-refractivity contribution < 1.29 is 4.42 Å². The molecule has 0 fully saturated rings. The first-order chi connectivity index (χ1) is 18.8. The van der Waals surface area contributed by atoms with Crippen LogP contribution in [0.5, 0.6) is 0 Å². The third-order valence-corrected chi connectivity index (χ3v) is 8.93. The minimum absolute atomic E-state index is 0.158. The minimum Gasteiger partial charge on any atom is -0.454 e. The fraction of sp³-hybridized carbons (Fsp3) is 0.118. The van der Waals surface area contributed by atoms with Gasteiger partial charge in [0.1, 0.15) is 5.58 Å². The van der Waals surface area contributed by atoms with Crippen LogP contribution in [0.25, 0.3) is 21.9 Å². The van der Waals surface area contributed by atoms with Crippen molar-refractivity contribution in [2.45, 2.75) is 25.8 Å². The highest BCUT2D eigenvalue weighted by Gasteiger charge is 2.45. The molecule has 0 spiro atoms. The van der Waals surface area contributed by atoms with Gasteiger partial charge >= 0.3 is 0 Å². The van der Waals surface area contributed by atoms with E-state index in [1.54, 1.807) is 0 Å². The van der Waals surface area contributed by atoms with Crippen LogP contribution in [0.2, 0.25) is 0 Å². The number of anilines is 5. The molecule has 5 aromatic carbocycles. The summed E-state index contributed by atoms with van der Waals surface area (Å²) >= 11 is 0. The second-order valence-electron chi connectivity index (χ2n) is 10.9. The topological polar surface area (TPSA) is 19.6 Å². The van der Waals surface area contributed by atoms with Gasteiger partial charge in [0.05, 0.1) is 5.69 Å². The summed E-state index contributed by atoms with van der Waals surface area (Å²) in [5, 5.41) is 2.33. The maximum atomic E-state index is 6.69. The quantitative estimate of drug-likeness (QED) is 0.241. The number of benzene rings is 5. The Morgan fingerprint density at radius 2 is 1.50 bits per heavy atom. The lowest BCUT2D eigenvalue weighted by Gasteiger charge is -2.48. The van der Waals surface area contributed by atoms with E-state index < -0.39 is 0 Å². The summed E-state index contributed by atoms with van der Waals surface area (Å²) in [6, 6.07) is 38.1. The van der Waals surface area contributed by atoms with Crippen LogP contribution in [0.15, 0.2) is 108 Å². The van der Waals surface area contributed by atoms with Crippen molar-refractivity contribution in [3.63, 3.8) is 0 Å². The van der Waals surface area contributed by atoms with Crippen LogP contribution in [-0.4, -0.2) is 12.8 Å². The van der Waals surface area contributed by atoms with Crippen molar-refractivity contribution in [2.24, 2.45) is 0 Å². The third kappa shape index (κ3) is 2.50. The number of hydrogen-bond donors (Lipinski definition) is 0. The molecule has 1 unspecified atom stereocenters. The number of aryl methyl sites for hydroxylation is 1. The van der Waals surface area contributed by atoms with Crippen LogP contribution in [0.4, 0.5) is 28.4 Å². The van der Waals surface area contributed by atoms with Gasteiger partial charge in [-0.15, -0.1) is 0 Å². The Morgan fingerprint density at radius 3 is 2.42 bits per heavy atom. The molecule has 0 saturated carbocycles. The van der Waals surface area contributed by atoms with Gasteiger partial charge in [-0.3, -0.25) is 0 Å². The van der Waals surface area contributed by atoms with E-state index >= 15 is 0 Å². The van der Waals surface area contributed by atoms with Gasteiger partial charge < -0.3 is 14.2 Å². The van der Waals surface area contributed by atoms with Gasteiger partial charge in [-0.2, -0.15) is 0 Å². The number of furan rings is 1. The highest BCUT2D eigenvalue weighted by molar-refractivity contribution is 7.00. The molecule has 38 heavy (non-hydrogen) atoms. The van der Waals surface area contributed by atoms with Gasteiger partial charge in [-0.25, -0.2) is 0 Å².